The highest BCUT2D eigenvalue weighted by molar-refractivity contribution is 5.85. The molecular weight excluding hydrogens is 242 g/mol. The van der Waals surface area contributed by atoms with E-state index >= 15 is 0 Å². The van der Waals surface area contributed by atoms with Crippen molar-refractivity contribution < 1.29 is 8.94 Å². The number of hydrogen-bond acceptors (Lipinski definition) is 5. The molecule has 0 aliphatic rings. The molecule has 6 heteroatoms. The smallest absolute Gasteiger partial charge is 0.226 e. The Bertz CT molecular complexity index is 414. The van der Waals surface area contributed by atoms with Gasteiger partial charge >= 0.3 is 0 Å². The van der Waals surface area contributed by atoms with Crippen molar-refractivity contribution in [1.82, 2.24) is 15.5 Å². The summed E-state index contributed by atoms with van der Waals surface area (Å²) in [5.41, 5.74) is 1.16. The molecule has 0 unspecified atom stereocenters. The standard InChI is InChI=1S/C11H15N3O2.ClH/c1-9-13-11(16-14-9)3-2-5-12-7-10-4-6-15-8-10;/h4,6,8,12H,2-3,5,7H2,1H3;1H. The van der Waals surface area contributed by atoms with Crippen LogP contribution in [0.4, 0.5) is 0 Å². The van der Waals surface area contributed by atoms with Crippen molar-refractivity contribution in [3.63, 3.8) is 0 Å². The maximum atomic E-state index is 5.01. The van der Waals surface area contributed by atoms with Crippen LogP contribution in [0.5, 0.6) is 0 Å². The fourth-order valence-electron chi connectivity index (χ4n) is 1.43. The van der Waals surface area contributed by atoms with E-state index in [1.54, 1.807) is 12.5 Å². The second-order valence-electron chi connectivity index (χ2n) is 3.65. The first kappa shape index (κ1) is 13.7. The SMILES string of the molecule is Cc1noc(CCCNCc2ccoc2)n1.Cl. The summed E-state index contributed by atoms with van der Waals surface area (Å²) < 4.78 is 9.98. The molecule has 1 N–H and O–H groups in total. The molecule has 0 atom stereocenters. The molecule has 17 heavy (non-hydrogen) atoms. The average Bonchev–Trinajstić information content (AvgIpc) is 2.89. The van der Waals surface area contributed by atoms with Gasteiger partial charge < -0.3 is 14.3 Å². The van der Waals surface area contributed by atoms with Gasteiger partial charge in [0, 0.05) is 18.5 Å². The molecule has 0 aromatic carbocycles. The molecule has 0 radical (unpaired) electrons. The van der Waals surface area contributed by atoms with Crippen LogP contribution in [-0.4, -0.2) is 16.7 Å². The van der Waals surface area contributed by atoms with Crippen LogP contribution >= 0.6 is 12.4 Å². The largest absolute Gasteiger partial charge is 0.472 e. The molecule has 0 spiro atoms. The summed E-state index contributed by atoms with van der Waals surface area (Å²) in [7, 11) is 0. The minimum Gasteiger partial charge on any atom is -0.472 e. The molecule has 0 aliphatic carbocycles. The maximum Gasteiger partial charge on any atom is 0.226 e. The molecule has 2 heterocycles. The van der Waals surface area contributed by atoms with Crippen molar-refractivity contribution in [2.24, 2.45) is 0 Å². The van der Waals surface area contributed by atoms with E-state index in [4.69, 9.17) is 8.94 Å². The minimum absolute atomic E-state index is 0. The Kier molecular flexibility index (Phi) is 5.72. The Morgan fingerprint density at radius 2 is 2.29 bits per heavy atom. The van der Waals surface area contributed by atoms with Crippen molar-refractivity contribution in [2.75, 3.05) is 6.54 Å². The predicted molar refractivity (Wildman–Crippen MR) is 65.0 cm³/mol. The van der Waals surface area contributed by atoms with Crippen molar-refractivity contribution in [2.45, 2.75) is 26.3 Å². The Morgan fingerprint density at radius 3 is 2.94 bits per heavy atom. The normalized spacial score (nSPS) is 10.2. The van der Waals surface area contributed by atoms with Gasteiger partial charge in [-0.15, -0.1) is 12.4 Å². The zero-order valence-electron chi connectivity index (χ0n) is 9.68. The molecule has 0 saturated carbocycles. The fraction of sp³-hybridized carbons (Fsp3) is 0.455. The van der Waals surface area contributed by atoms with Crippen LogP contribution in [-0.2, 0) is 13.0 Å². The average molecular weight is 258 g/mol. The zero-order valence-corrected chi connectivity index (χ0v) is 10.5. The van der Waals surface area contributed by atoms with Gasteiger partial charge in [0.15, 0.2) is 5.82 Å². The summed E-state index contributed by atoms with van der Waals surface area (Å²) >= 11 is 0. The third-order valence-corrected chi connectivity index (χ3v) is 2.22. The summed E-state index contributed by atoms with van der Waals surface area (Å²) in [6, 6.07) is 1.95. The number of aromatic nitrogens is 2. The highest BCUT2D eigenvalue weighted by atomic mass is 35.5. The molecular formula is C11H16ClN3O2. The quantitative estimate of drug-likeness (QED) is 0.803. The van der Waals surface area contributed by atoms with Gasteiger partial charge in [-0.1, -0.05) is 5.16 Å². The van der Waals surface area contributed by atoms with E-state index in [0.717, 1.165) is 31.5 Å². The lowest BCUT2D eigenvalue weighted by molar-refractivity contribution is 0.371. The van der Waals surface area contributed by atoms with Gasteiger partial charge in [0.2, 0.25) is 5.89 Å². The second kappa shape index (κ2) is 7.09. The van der Waals surface area contributed by atoms with Crippen LogP contribution in [0.3, 0.4) is 0 Å². The highest BCUT2D eigenvalue weighted by Gasteiger charge is 2.01. The summed E-state index contributed by atoms with van der Waals surface area (Å²) in [5.74, 6) is 1.41. The van der Waals surface area contributed by atoms with Gasteiger partial charge in [-0.05, 0) is 26.0 Å². The van der Waals surface area contributed by atoms with Crippen LogP contribution in [0.2, 0.25) is 0 Å². The van der Waals surface area contributed by atoms with Crippen molar-refractivity contribution in [3.8, 4) is 0 Å². The number of hydrogen-bond donors (Lipinski definition) is 1. The minimum atomic E-state index is 0. The third-order valence-electron chi connectivity index (χ3n) is 2.22. The van der Waals surface area contributed by atoms with Crippen LogP contribution in [0.1, 0.15) is 23.7 Å². The van der Waals surface area contributed by atoms with E-state index < -0.39 is 0 Å². The Hall–Kier alpha value is -1.33. The van der Waals surface area contributed by atoms with Crippen molar-refractivity contribution in [1.29, 1.82) is 0 Å². The summed E-state index contributed by atoms with van der Waals surface area (Å²) in [4.78, 5) is 4.14. The maximum absolute atomic E-state index is 5.01. The first-order valence-corrected chi connectivity index (χ1v) is 5.35. The first-order chi connectivity index (χ1) is 7.84. The van der Waals surface area contributed by atoms with Gasteiger partial charge in [-0.2, -0.15) is 4.98 Å². The monoisotopic (exact) mass is 257 g/mol. The number of nitrogens with one attached hydrogen (secondary N) is 1. The van der Waals surface area contributed by atoms with E-state index in [1.165, 1.54) is 0 Å². The fourth-order valence-corrected chi connectivity index (χ4v) is 1.43. The van der Waals surface area contributed by atoms with Crippen LogP contribution in [0, 0.1) is 6.92 Å². The number of rotatable bonds is 6. The topological polar surface area (TPSA) is 64.1 Å². The molecule has 0 amide bonds. The van der Waals surface area contributed by atoms with E-state index in [0.29, 0.717) is 11.7 Å². The Morgan fingerprint density at radius 1 is 1.41 bits per heavy atom. The van der Waals surface area contributed by atoms with Gasteiger partial charge in [-0.3, -0.25) is 0 Å². The molecule has 0 saturated heterocycles. The van der Waals surface area contributed by atoms with E-state index in [2.05, 4.69) is 15.5 Å². The van der Waals surface area contributed by atoms with E-state index in [-0.39, 0.29) is 12.4 Å². The van der Waals surface area contributed by atoms with Gasteiger partial charge in [0.05, 0.1) is 12.5 Å². The Labute approximate surface area is 106 Å². The summed E-state index contributed by atoms with van der Waals surface area (Å²) in [6.45, 7) is 3.58. The molecule has 0 bridgehead atoms. The van der Waals surface area contributed by atoms with E-state index in [1.807, 2.05) is 13.0 Å². The molecule has 2 aromatic heterocycles. The van der Waals surface area contributed by atoms with Crippen LogP contribution < -0.4 is 5.32 Å². The molecule has 5 nitrogen and oxygen atoms in total. The number of nitrogens with zero attached hydrogens (tertiary/aromatic N) is 2. The van der Waals surface area contributed by atoms with Gasteiger partial charge in [0.25, 0.3) is 0 Å². The number of aryl methyl sites for hydroxylation is 2. The van der Waals surface area contributed by atoms with E-state index in [9.17, 15) is 0 Å². The summed E-state index contributed by atoms with van der Waals surface area (Å²) in [5, 5.41) is 7.05. The molecule has 0 fully saturated rings. The molecule has 2 aromatic rings. The lowest BCUT2D eigenvalue weighted by Gasteiger charge is -2.00. The van der Waals surface area contributed by atoms with Crippen molar-refractivity contribution >= 4 is 12.4 Å². The Balaban J connectivity index is 0.00000144. The molecule has 2 rings (SSSR count). The van der Waals surface area contributed by atoms with Crippen LogP contribution in [0.25, 0.3) is 0 Å². The molecule has 94 valence electrons. The highest BCUT2D eigenvalue weighted by Crippen LogP contribution is 2.01. The second-order valence-corrected chi connectivity index (χ2v) is 3.65. The van der Waals surface area contributed by atoms with Crippen molar-refractivity contribution in [3.05, 3.63) is 35.9 Å². The predicted octanol–water partition coefficient (Wildman–Crippen LogP) is 2.12. The van der Waals surface area contributed by atoms with Gasteiger partial charge in [-0.25, -0.2) is 0 Å². The number of halogens is 1. The lowest BCUT2D eigenvalue weighted by atomic mass is 10.3. The third kappa shape index (κ3) is 4.58. The summed E-state index contributed by atoms with van der Waals surface area (Å²) in [6.07, 6.45) is 5.23. The zero-order chi connectivity index (χ0) is 11.2. The molecule has 0 aliphatic heterocycles. The van der Waals surface area contributed by atoms with Crippen LogP contribution in [0.15, 0.2) is 27.5 Å². The van der Waals surface area contributed by atoms with Gasteiger partial charge in [0.1, 0.15) is 0 Å². The number of furan rings is 1. The first-order valence-electron chi connectivity index (χ1n) is 5.35. The lowest BCUT2D eigenvalue weighted by Crippen LogP contribution is -2.14.